The molecule has 0 aliphatic carbocycles. The molecule has 242 valence electrons. The first kappa shape index (κ1) is 32.4. The van der Waals surface area contributed by atoms with Crippen LogP contribution in [-0.2, 0) is 10.9 Å². The lowest BCUT2D eigenvalue weighted by Gasteiger charge is -2.44. The van der Waals surface area contributed by atoms with Gasteiger partial charge in [-0.2, -0.15) is 13.2 Å². The average molecular weight is 632 g/mol. The molecule has 2 fully saturated rings. The highest BCUT2D eigenvalue weighted by Gasteiger charge is 2.36. The summed E-state index contributed by atoms with van der Waals surface area (Å²) in [4.78, 5) is 42.2. The molecule has 4 heterocycles. The molecular formula is C31H37F4N7O3. The van der Waals surface area contributed by atoms with Crippen LogP contribution in [0.25, 0.3) is 11.1 Å². The second kappa shape index (κ2) is 12.8. The van der Waals surface area contributed by atoms with Crippen molar-refractivity contribution in [1.82, 2.24) is 19.9 Å². The summed E-state index contributed by atoms with van der Waals surface area (Å²) < 4.78 is 63.0. The highest BCUT2D eigenvalue weighted by atomic mass is 19.4. The van der Waals surface area contributed by atoms with Crippen LogP contribution in [0, 0.1) is 11.7 Å². The first-order valence-corrected chi connectivity index (χ1v) is 14.8. The van der Waals surface area contributed by atoms with Crippen LogP contribution in [0.1, 0.15) is 43.6 Å². The maximum absolute atomic E-state index is 15.8. The van der Waals surface area contributed by atoms with E-state index in [9.17, 15) is 22.8 Å². The third kappa shape index (κ3) is 6.96. The molecule has 45 heavy (non-hydrogen) atoms. The normalized spacial score (nSPS) is 21.3. The zero-order valence-corrected chi connectivity index (χ0v) is 25.8. The fourth-order valence-corrected chi connectivity index (χ4v) is 5.71. The Morgan fingerprint density at radius 3 is 2.36 bits per heavy atom. The third-order valence-electron chi connectivity index (χ3n) is 8.58. The Balaban J connectivity index is 1.52. The van der Waals surface area contributed by atoms with Gasteiger partial charge in [-0.05, 0) is 38.9 Å². The molecule has 2 N–H and O–H groups in total. The Bertz CT molecular complexity index is 1580. The van der Waals surface area contributed by atoms with Gasteiger partial charge >= 0.3 is 6.18 Å². The molecule has 3 aromatic rings. The van der Waals surface area contributed by atoms with Gasteiger partial charge in [0.25, 0.3) is 5.91 Å². The number of nitrogens with zero attached hydrogens (tertiary/aromatic N) is 5. The first-order valence-electron chi connectivity index (χ1n) is 14.8. The van der Waals surface area contributed by atoms with Gasteiger partial charge < -0.3 is 24.8 Å². The lowest BCUT2D eigenvalue weighted by atomic mass is 10.0. The van der Waals surface area contributed by atoms with Gasteiger partial charge in [0.2, 0.25) is 11.5 Å². The van der Waals surface area contributed by atoms with Crippen LogP contribution in [-0.4, -0.2) is 83.8 Å². The van der Waals surface area contributed by atoms with Crippen LogP contribution >= 0.6 is 0 Å². The number of ether oxygens (including phenoxy) is 1. The number of morpholine rings is 1. The van der Waals surface area contributed by atoms with Crippen LogP contribution < -0.4 is 20.7 Å². The number of hydrogen-bond acceptors (Lipinski definition) is 8. The van der Waals surface area contributed by atoms with Gasteiger partial charge in [-0.15, -0.1) is 0 Å². The van der Waals surface area contributed by atoms with Crippen molar-refractivity contribution < 1.29 is 27.1 Å². The quantitative estimate of drug-likeness (QED) is 0.380. The van der Waals surface area contributed by atoms with E-state index in [1.54, 1.807) is 0 Å². The minimum atomic E-state index is -4.95. The number of aromatic amines is 1. The number of halogens is 4. The summed E-state index contributed by atoms with van der Waals surface area (Å²) in [6.07, 6.45) is -1.23. The minimum absolute atomic E-state index is 0.0264. The molecule has 1 aromatic carbocycles. The molecule has 3 unspecified atom stereocenters. The fourth-order valence-electron chi connectivity index (χ4n) is 5.71. The monoisotopic (exact) mass is 631 g/mol. The van der Waals surface area contributed by atoms with E-state index < -0.39 is 34.6 Å². The molecule has 2 aliphatic heterocycles. The number of benzene rings is 1. The molecule has 10 nitrogen and oxygen atoms in total. The van der Waals surface area contributed by atoms with Crippen molar-refractivity contribution in [3.63, 3.8) is 0 Å². The number of nitrogens with one attached hydrogen (secondary N) is 2. The van der Waals surface area contributed by atoms with Crippen molar-refractivity contribution in [3.8, 4) is 11.1 Å². The summed E-state index contributed by atoms with van der Waals surface area (Å²) >= 11 is 0. The summed E-state index contributed by atoms with van der Waals surface area (Å²) in [5, 5.41) is 2.57. The van der Waals surface area contributed by atoms with Gasteiger partial charge in [0.05, 0.1) is 35.2 Å². The number of pyridine rings is 1. The van der Waals surface area contributed by atoms with Crippen LogP contribution in [0.15, 0.2) is 41.6 Å². The number of alkyl halides is 3. The zero-order valence-electron chi connectivity index (χ0n) is 25.8. The number of rotatable bonds is 6. The highest BCUT2D eigenvalue weighted by Crippen LogP contribution is 2.37. The largest absolute Gasteiger partial charge is 0.417 e. The van der Waals surface area contributed by atoms with Crippen molar-refractivity contribution >= 4 is 23.2 Å². The van der Waals surface area contributed by atoms with Gasteiger partial charge in [0.15, 0.2) is 0 Å². The number of likely N-dealkylation sites (N-methyl/N-ethyl adjacent to an activating group) is 1. The topological polar surface area (TPSA) is 107 Å². The minimum Gasteiger partial charge on any atom is -0.374 e. The summed E-state index contributed by atoms with van der Waals surface area (Å²) in [6.45, 7) is 10.9. The van der Waals surface area contributed by atoms with Crippen LogP contribution in [0.4, 0.5) is 34.9 Å². The van der Waals surface area contributed by atoms with E-state index in [-0.39, 0.29) is 29.4 Å². The van der Waals surface area contributed by atoms with Gasteiger partial charge in [0, 0.05) is 74.0 Å². The van der Waals surface area contributed by atoms with Gasteiger partial charge in [-0.1, -0.05) is 13.8 Å². The van der Waals surface area contributed by atoms with Gasteiger partial charge in [0.1, 0.15) is 5.82 Å². The lowest BCUT2D eigenvalue weighted by Crippen LogP contribution is -2.55. The van der Waals surface area contributed by atoms with Gasteiger partial charge in [-0.3, -0.25) is 14.5 Å². The second-order valence-electron chi connectivity index (χ2n) is 12.1. The zero-order chi connectivity index (χ0) is 32.6. The number of piperazine rings is 1. The number of anilines is 3. The molecule has 2 saturated heterocycles. The Morgan fingerprint density at radius 1 is 1.07 bits per heavy atom. The molecule has 0 saturated carbocycles. The maximum atomic E-state index is 15.8. The maximum Gasteiger partial charge on any atom is 0.417 e. The summed E-state index contributed by atoms with van der Waals surface area (Å²) in [5.41, 5.74) is -2.32. The van der Waals surface area contributed by atoms with Crippen LogP contribution in [0.3, 0.4) is 0 Å². The number of H-pyrrole nitrogens is 1. The van der Waals surface area contributed by atoms with E-state index in [1.165, 1.54) is 24.5 Å². The molecule has 0 bridgehead atoms. The Hall–Kier alpha value is -4.04. The van der Waals surface area contributed by atoms with Crippen molar-refractivity contribution in [2.75, 3.05) is 55.0 Å². The predicted octanol–water partition coefficient (Wildman–Crippen LogP) is 4.63. The van der Waals surface area contributed by atoms with E-state index in [0.29, 0.717) is 62.0 Å². The smallest absolute Gasteiger partial charge is 0.374 e. The average Bonchev–Trinajstić information content (AvgIpc) is 3.00. The summed E-state index contributed by atoms with van der Waals surface area (Å²) in [5.74, 6) is -0.935. The van der Waals surface area contributed by atoms with E-state index in [2.05, 4.69) is 39.0 Å². The SMILES string of the molecule is CC(C)C1CN(c2ncc(-c3cc(NC(=O)c4c[nH]c(=O)cc4C(F)(F)F)c(N4CC(C)N(C)C(C)C4)cc3F)cn2)CCO1. The first-order chi connectivity index (χ1) is 21.2. The predicted molar refractivity (Wildman–Crippen MR) is 163 cm³/mol. The number of carbonyl (C=O) groups is 1. The summed E-state index contributed by atoms with van der Waals surface area (Å²) in [6, 6.07) is 3.15. The Kier molecular flexibility index (Phi) is 9.17. The molecule has 3 atom stereocenters. The van der Waals surface area contributed by atoms with Crippen molar-refractivity contribution in [3.05, 3.63) is 64.1 Å². The van der Waals surface area contributed by atoms with Crippen LogP contribution in [0.2, 0.25) is 0 Å². The third-order valence-corrected chi connectivity index (χ3v) is 8.58. The van der Waals surface area contributed by atoms with Gasteiger partial charge in [-0.25, -0.2) is 14.4 Å². The molecule has 0 spiro atoms. The molecule has 5 rings (SSSR count). The molecule has 2 aliphatic rings. The molecule has 14 heteroatoms. The van der Waals surface area contributed by atoms with Crippen molar-refractivity contribution in [1.29, 1.82) is 0 Å². The molecular weight excluding hydrogens is 594 g/mol. The Morgan fingerprint density at radius 2 is 1.73 bits per heavy atom. The van der Waals surface area contributed by atoms with Crippen molar-refractivity contribution in [2.45, 2.75) is 52.1 Å². The highest BCUT2D eigenvalue weighted by molar-refractivity contribution is 6.07. The summed E-state index contributed by atoms with van der Waals surface area (Å²) in [7, 11) is 1.98. The lowest BCUT2D eigenvalue weighted by molar-refractivity contribution is -0.138. The fraction of sp³-hybridized carbons (Fsp3) is 0.484. The standard InChI is InChI=1S/C31H37F4N7O3/c1-17(2)27-16-41(6-7-45-27)30-37-11-20(12-38-30)21-8-25(26(10-24(21)32)42-14-18(3)40(5)19(4)15-42)39-29(44)22-13-36-28(43)9-23(22)31(33,34)35/h8-13,17-19,27H,6-7,14-16H2,1-5H3,(H,36,43)(H,39,44). The molecule has 1 amide bonds. The Labute approximate surface area is 258 Å². The second-order valence-corrected chi connectivity index (χ2v) is 12.1. The van der Waals surface area contributed by atoms with Crippen molar-refractivity contribution in [2.24, 2.45) is 5.92 Å². The van der Waals surface area contributed by atoms with E-state index in [4.69, 9.17) is 4.74 Å². The number of amides is 1. The van der Waals surface area contributed by atoms with E-state index in [1.807, 2.05) is 30.7 Å². The molecule has 0 radical (unpaired) electrons. The number of aromatic nitrogens is 3. The van der Waals surface area contributed by atoms with E-state index >= 15 is 4.39 Å². The number of hydrogen-bond donors (Lipinski definition) is 2. The van der Waals surface area contributed by atoms with Crippen LogP contribution in [0.5, 0.6) is 0 Å². The van der Waals surface area contributed by atoms with E-state index in [0.717, 1.165) is 6.20 Å². The number of carbonyl (C=O) groups excluding carboxylic acids is 1. The molecule has 2 aromatic heterocycles.